The van der Waals surface area contributed by atoms with Crippen LogP contribution in [0.1, 0.15) is 21.5 Å². The summed E-state index contributed by atoms with van der Waals surface area (Å²) in [5.41, 5.74) is 3.98. The van der Waals surface area contributed by atoms with E-state index in [1.807, 2.05) is 66.7 Å². The molecule has 0 atom stereocenters. The number of aromatic nitrogens is 1. The topological polar surface area (TPSA) is 42.0 Å². The summed E-state index contributed by atoms with van der Waals surface area (Å²) < 4.78 is 1.07. The third-order valence-corrected chi connectivity index (χ3v) is 4.93. The highest BCUT2D eigenvalue weighted by Gasteiger charge is 2.09. The minimum Gasteiger partial charge on any atom is -0.298 e. The van der Waals surface area contributed by atoms with Crippen LogP contribution in [0.25, 0.3) is 10.2 Å². The van der Waals surface area contributed by atoms with Crippen LogP contribution in [0.2, 0.25) is 0 Å². The van der Waals surface area contributed by atoms with Gasteiger partial charge in [-0.1, -0.05) is 65.9 Å². The van der Waals surface area contributed by atoms with Gasteiger partial charge in [0.1, 0.15) is 0 Å². The van der Waals surface area contributed by atoms with Gasteiger partial charge < -0.3 is 0 Å². The summed E-state index contributed by atoms with van der Waals surface area (Å²) in [6.45, 7) is 0. The molecule has 0 radical (unpaired) electrons. The van der Waals surface area contributed by atoms with Crippen molar-refractivity contribution >= 4 is 32.6 Å². The van der Waals surface area contributed by atoms with Crippen molar-refractivity contribution in [2.45, 2.75) is 6.42 Å². The molecule has 1 N–H and O–H groups in total. The lowest BCUT2D eigenvalue weighted by Gasteiger charge is -2.04. The number of benzene rings is 3. The first-order chi connectivity index (χ1) is 12.3. The van der Waals surface area contributed by atoms with Gasteiger partial charge in [0.2, 0.25) is 0 Å². The van der Waals surface area contributed by atoms with Crippen molar-refractivity contribution in [2.24, 2.45) is 0 Å². The number of rotatable bonds is 4. The van der Waals surface area contributed by atoms with Crippen LogP contribution in [0.5, 0.6) is 0 Å². The molecule has 0 bridgehead atoms. The van der Waals surface area contributed by atoms with Crippen molar-refractivity contribution in [3.05, 3.63) is 95.6 Å². The van der Waals surface area contributed by atoms with E-state index in [0.29, 0.717) is 10.7 Å². The smallest absolute Gasteiger partial charge is 0.257 e. The van der Waals surface area contributed by atoms with Crippen molar-refractivity contribution in [1.29, 1.82) is 0 Å². The number of nitrogens with one attached hydrogen (secondary N) is 1. The average Bonchev–Trinajstić information content (AvgIpc) is 3.05. The van der Waals surface area contributed by atoms with Crippen LogP contribution < -0.4 is 5.32 Å². The summed E-state index contributed by atoms with van der Waals surface area (Å²) in [7, 11) is 0. The van der Waals surface area contributed by atoms with Crippen molar-refractivity contribution in [1.82, 2.24) is 4.98 Å². The van der Waals surface area contributed by atoms with E-state index in [1.165, 1.54) is 22.5 Å². The molecule has 4 heteroatoms. The molecule has 0 saturated heterocycles. The Morgan fingerprint density at radius 1 is 0.840 bits per heavy atom. The molecule has 0 aliphatic rings. The first kappa shape index (κ1) is 15.5. The molecule has 0 spiro atoms. The van der Waals surface area contributed by atoms with Crippen molar-refractivity contribution in [2.75, 3.05) is 5.32 Å². The highest BCUT2D eigenvalue weighted by Crippen LogP contribution is 2.25. The Labute approximate surface area is 150 Å². The fourth-order valence-electron chi connectivity index (χ4n) is 2.70. The van der Waals surface area contributed by atoms with E-state index in [4.69, 9.17) is 0 Å². The van der Waals surface area contributed by atoms with Crippen LogP contribution in [-0.2, 0) is 6.42 Å². The Hall–Kier alpha value is -2.98. The molecule has 25 heavy (non-hydrogen) atoms. The first-order valence-corrected chi connectivity index (χ1v) is 8.89. The van der Waals surface area contributed by atoms with E-state index >= 15 is 0 Å². The molecule has 4 rings (SSSR count). The molecule has 0 unspecified atom stereocenters. The van der Waals surface area contributed by atoms with E-state index in [1.54, 1.807) is 0 Å². The maximum Gasteiger partial charge on any atom is 0.257 e. The summed E-state index contributed by atoms with van der Waals surface area (Å²) in [5, 5.41) is 3.51. The van der Waals surface area contributed by atoms with Crippen LogP contribution in [-0.4, -0.2) is 10.9 Å². The van der Waals surface area contributed by atoms with Gasteiger partial charge in [0.15, 0.2) is 5.13 Å². The molecule has 3 nitrogen and oxygen atoms in total. The van der Waals surface area contributed by atoms with Gasteiger partial charge in [-0.3, -0.25) is 10.1 Å². The molecule has 0 aliphatic carbocycles. The Bertz CT molecular complexity index is 974. The zero-order valence-corrected chi connectivity index (χ0v) is 14.3. The lowest BCUT2D eigenvalue weighted by molar-refractivity contribution is 0.102. The Balaban J connectivity index is 1.46. The maximum atomic E-state index is 12.4. The number of carbonyl (C=O) groups excluding carboxylic acids is 1. The zero-order chi connectivity index (χ0) is 17.1. The number of fused-ring (bicyclic) bond motifs is 1. The summed E-state index contributed by atoms with van der Waals surface area (Å²) in [4.78, 5) is 16.9. The van der Waals surface area contributed by atoms with Gasteiger partial charge in [-0.05, 0) is 41.8 Å². The second-order valence-corrected chi connectivity index (χ2v) is 6.83. The molecule has 3 aromatic carbocycles. The monoisotopic (exact) mass is 344 g/mol. The van der Waals surface area contributed by atoms with E-state index in [2.05, 4.69) is 22.4 Å². The van der Waals surface area contributed by atoms with E-state index in [0.717, 1.165) is 16.6 Å². The standard InChI is InChI=1S/C21H16N2OS/c24-20(23-21-22-18-8-4-5-9-19(18)25-21)17-12-10-16(11-13-17)14-15-6-2-1-3-7-15/h1-13H,14H2,(H,22,23,24). The second kappa shape index (κ2) is 6.87. The molecule has 122 valence electrons. The van der Waals surface area contributed by atoms with E-state index in [9.17, 15) is 4.79 Å². The minimum absolute atomic E-state index is 0.134. The molecule has 0 aliphatic heterocycles. The molecule has 0 saturated carbocycles. The number of nitrogens with zero attached hydrogens (tertiary/aromatic N) is 1. The normalized spacial score (nSPS) is 10.7. The molecule has 1 amide bonds. The number of carbonyl (C=O) groups is 1. The number of hydrogen-bond donors (Lipinski definition) is 1. The third-order valence-electron chi connectivity index (χ3n) is 3.98. The number of thiazole rings is 1. The predicted molar refractivity (Wildman–Crippen MR) is 103 cm³/mol. The summed E-state index contributed by atoms with van der Waals surface area (Å²) in [5.74, 6) is -0.134. The van der Waals surface area contributed by atoms with Crippen LogP contribution in [0.3, 0.4) is 0 Å². The SMILES string of the molecule is O=C(Nc1nc2ccccc2s1)c1ccc(Cc2ccccc2)cc1. The molecule has 0 fully saturated rings. The molecule has 4 aromatic rings. The third kappa shape index (κ3) is 3.59. The van der Waals surface area contributed by atoms with Gasteiger partial charge in [0.05, 0.1) is 10.2 Å². The van der Waals surface area contributed by atoms with Crippen LogP contribution >= 0.6 is 11.3 Å². The van der Waals surface area contributed by atoms with Gasteiger partial charge in [0, 0.05) is 5.56 Å². The van der Waals surface area contributed by atoms with Crippen LogP contribution in [0.4, 0.5) is 5.13 Å². The van der Waals surface area contributed by atoms with Gasteiger partial charge in [-0.2, -0.15) is 0 Å². The maximum absolute atomic E-state index is 12.4. The minimum atomic E-state index is -0.134. The van der Waals surface area contributed by atoms with Gasteiger partial charge in [-0.15, -0.1) is 0 Å². The Morgan fingerprint density at radius 2 is 1.52 bits per heavy atom. The quantitative estimate of drug-likeness (QED) is 0.557. The molecule has 1 heterocycles. The second-order valence-electron chi connectivity index (χ2n) is 5.80. The molecule has 1 aromatic heterocycles. The molecular weight excluding hydrogens is 328 g/mol. The molecular formula is C21H16N2OS. The van der Waals surface area contributed by atoms with Gasteiger partial charge >= 0.3 is 0 Å². The van der Waals surface area contributed by atoms with E-state index < -0.39 is 0 Å². The number of hydrogen-bond acceptors (Lipinski definition) is 3. The lowest BCUT2D eigenvalue weighted by atomic mass is 10.0. The number of anilines is 1. The zero-order valence-electron chi connectivity index (χ0n) is 13.5. The highest BCUT2D eigenvalue weighted by molar-refractivity contribution is 7.22. The first-order valence-electron chi connectivity index (χ1n) is 8.08. The van der Waals surface area contributed by atoms with Crippen molar-refractivity contribution in [3.8, 4) is 0 Å². The van der Waals surface area contributed by atoms with Gasteiger partial charge in [-0.25, -0.2) is 4.98 Å². The van der Waals surface area contributed by atoms with E-state index in [-0.39, 0.29) is 5.91 Å². The average molecular weight is 344 g/mol. The summed E-state index contributed by atoms with van der Waals surface area (Å²) in [6.07, 6.45) is 0.862. The summed E-state index contributed by atoms with van der Waals surface area (Å²) in [6, 6.07) is 25.9. The largest absolute Gasteiger partial charge is 0.298 e. The van der Waals surface area contributed by atoms with Crippen molar-refractivity contribution in [3.63, 3.8) is 0 Å². The van der Waals surface area contributed by atoms with Gasteiger partial charge in [0.25, 0.3) is 5.91 Å². The fourth-order valence-corrected chi connectivity index (χ4v) is 3.56. The Kier molecular flexibility index (Phi) is 4.27. The number of para-hydroxylation sites is 1. The van der Waals surface area contributed by atoms with Crippen LogP contribution in [0, 0.1) is 0 Å². The highest BCUT2D eigenvalue weighted by atomic mass is 32.1. The fraction of sp³-hybridized carbons (Fsp3) is 0.0476. The Morgan fingerprint density at radius 3 is 2.28 bits per heavy atom. The van der Waals surface area contributed by atoms with Crippen molar-refractivity contribution < 1.29 is 4.79 Å². The lowest BCUT2D eigenvalue weighted by Crippen LogP contribution is -2.11. The number of amides is 1. The van der Waals surface area contributed by atoms with Crippen LogP contribution in [0.15, 0.2) is 78.9 Å². The summed E-state index contributed by atoms with van der Waals surface area (Å²) >= 11 is 1.48. The predicted octanol–water partition coefficient (Wildman–Crippen LogP) is 5.14.